The molecule has 20 heavy (non-hydrogen) atoms. The highest BCUT2D eigenvalue weighted by molar-refractivity contribution is 6.35. The quantitative estimate of drug-likeness (QED) is 0.776. The molecule has 0 fully saturated rings. The zero-order chi connectivity index (χ0) is 14.7. The summed E-state index contributed by atoms with van der Waals surface area (Å²) >= 11 is 5.87. The third-order valence-corrected chi connectivity index (χ3v) is 3.13. The van der Waals surface area contributed by atoms with E-state index in [1.165, 1.54) is 0 Å². The van der Waals surface area contributed by atoms with Crippen LogP contribution in [0.5, 0.6) is 0 Å². The van der Waals surface area contributed by atoms with Crippen molar-refractivity contribution < 1.29 is 4.79 Å². The van der Waals surface area contributed by atoms with Crippen LogP contribution < -0.4 is 11.1 Å². The first-order chi connectivity index (χ1) is 9.49. The van der Waals surface area contributed by atoms with Crippen LogP contribution >= 0.6 is 11.6 Å². The second kappa shape index (κ2) is 5.96. The number of hydrogen-bond donors (Lipinski definition) is 3. The summed E-state index contributed by atoms with van der Waals surface area (Å²) in [4.78, 5) is 16.0. The van der Waals surface area contributed by atoms with Gasteiger partial charge in [-0.2, -0.15) is 5.10 Å². The summed E-state index contributed by atoms with van der Waals surface area (Å²) in [6, 6.07) is 0. The maximum absolute atomic E-state index is 12.0. The van der Waals surface area contributed by atoms with E-state index in [2.05, 4.69) is 34.3 Å². The van der Waals surface area contributed by atoms with E-state index in [0.29, 0.717) is 12.5 Å². The van der Waals surface area contributed by atoms with Crippen LogP contribution in [0.4, 0.5) is 5.82 Å². The molecule has 8 heteroatoms. The van der Waals surface area contributed by atoms with Crippen molar-refractivity contribution in [3.63, 3.8) is 0 Å². The van der Waals surface area contributed by atoms with Gasteiger partial charge in [0.25, 0.3) is 5.91 Å². The van der Waals surface area contributed by atoms with Gasteiger partial charge in [0.2, 0.25) is 0 Å². The number of amides is 1. The molecule has 1 amide bonds. The Morgan fingerprint density at radius 2 is 2.35 bits per heavy atom. The molecule has 0 aliphatic heterocycles. The zero-order valence-corrected chi connectivity index (χ0v) is 12.1. The van der Waals surface area contributed by atoms with Gasteiger partial charge in [-0.1, -0.05) is 25.4 Å². The van der Waals surface area contributed by atoms with Gasteiger partial charge in [-0.05, 0) is 5.92 Å². The monoisotopic (exact) mass is 296 g/mol. The van der Waals surface area contributed by atoms with E-state index in [0.717, 1.165) is 12.2 Å². The van der Waals surface area contributed by atoms with Gasteiger partial charge in [-0.25, -0.2) is 4.98 Å². The minimum Gasteiger partial charge on any atom is -0.381 e. The highest BCUT2D eigenvalue weighted by Gasteiger charge is 2.16. The molecule has 0 bridgehead atoms. The SMILES string of the molecule is CC(C)Cn1cncc1CNC(=O)c1[nH]nc(N)c1Cl. The third-order valence-electron chi connectivity index (χ3n) is 2.75. The van der Waals surface area contributed by atoms with Crippen molar-refractivity contribution in [2.24, 2.45) is 5.92 Å². The van der Waals surface area contributed by atoms with Crippen LogP contribution in [0.25, 0.3) is 0 Å². The van der Waals surface area contributed by atoms with E-state index in [1.807, 2.05) is 4.57 Å². The Bertz CT molecular complexity index is 603. The molecule has 0 unspecified atom stereocenters. The van der Waals surface area contributed by atoms with Gasteiger partial charge in [0.05, 0.1) is 18.6 Å². The predicted molar refractivity (Wildman–Crippen MR) is 76.2 cm³/mol. The number of H-pyrrole nitrogens is 1. The molecule has 4 N–H and O–H groups in total. The van der Waals surface area contributed by atoms with Gasteiger partial charge in [0.1, 0.15) is 10.7 Å². The molecule has 0 spiro atoms. The summed E-state index contributed by atoms with van der Waals surface area (Å²) in [6.07, 6.45) is 3.48. The minimum atomic E-state index is -0.350. The molecule has 0 aliphatic carbocycles. The smallest absolute Gasteiger partial charge is 0.271 e. The lowest BCUT2D eigenvalue weighted by Gasteiger charge is -2.11. The number of hydrogen-bond acceptors (Lipinski definition) is 4. The number of nitrogens with two attached hydrogens (primary N) is 1. The van der Waals surface area contributed by atoms with Crippen LogP contribution in [0.15, 0.2) is 12.5 Å². The Hall–Kier alpha value is -2.02. The molecule has 108 valence electrons. The predicted octanol–water partition coefficient (Wildman–Crippen LogP) is 1.43. The fraction of sp³-hybridized carbons (Fsp3) is 0.417. The standard InChI is InChI=1S/C12H17ClN6O/c1-7(2)5-19-6-15-3-8(19)4-16-12(20)10-9(13)11(14)18-17-10/h3,6-7H,4-5H2,1-2H3,(H,16,20)(H3,14,17,18). The molecule has 2 aromatic heterocycles. The number of halogens is 1. The van der Waals surface area contributed by atoms with Crippen LogP contribution in [0.3, 0.4) is 0 Å². The Morgan fingerprint density at radius 3 is 2.95 bits per heavy atom. The molecule has 0 atom stereocenters. The summed E-state index contributed by atoms with van der Waals surface area (Å²) < 4.78 is 2.01. The summed E-state index contributed by atoms with van der Waals surface area (Å²) in [5, 5.41) is 9.09. The molecular formula is C12H17ClN6O. The largest absolute Gasteiger partial charge is 0.381 e. The van der Waals surface area contributed by atoms with E-state index in [1.54, 1.807) is 12.5 Å². The molecule has 2 aromatic rings. The maximum Gasteiger partial charge on any atom is 0.271 e. The number of aromatic nitrogens is 4. The third kappa shape index (κ3) is 3.11. The Balaban J connectivity index is 2.00. The van der Waals surface area contributed by atoms with E-state index in [4.69, 9.17) is 17.3 Å². The number of rotatable bonds is 5. The summed E-state index contributed by atoms with van der Waals surface area (Å²) in [5.74, 6) is 0.263. The van der Waals surface area contributed by atoms with Crippen molar-refractivity contribution in [1.29, 1.82) is 0 Å². The second-order valence-electron chi connectivity index (χ2n) is 4.91. The number of nitrogens with one attached hydrogen (secondary N) is 2. The first-order valence-corrected chi connectivity index (χ1v) is 6.63. The molecule has 0 saturated carbocycles. The molecule has 0 aromatic carbocycles. The molecule has 0 aliphatic rings. The molecule has 0 radical (unpaired) electrons. The fourth-order valence-electron chi connectivity index (χ4n) is 1.81. The number of nitrogen functional groups attached to an aromatic ring is 1. The van der Waals surface area contributed by atoms with E-state index in [9.17, 15) is 4.79 Å². The van der Waals surface area contributed by atoms with Gasteiger partial charge >= 0.3 is 0 Å². The van der Waals surface area contributed by atoms with E-state index < -0.39 is 0 Å². The number of anilines is 1. The van der Waals surface area contributed by atoms with Crippen LogP contribution in [-0.2, 0) is 13.1 Å². The highest BCUT2D eigenvalue weighted by atomic mass is 35.5. The van der Waals surface area contributed by atoms with Gasteiger partial charge < -0.3 is 15.6 Å². The second-order valence-corrected chi connectivity index (χ2v) is 5.29. The normalized spacial score (nSPS) is 11.0. The van der Waals surface area contributed by atoms with Crippen molar-refractivity contribution in [2.45, 2.75) is 26.9 Å². The summed E-state index contributed by atoms with van der Waals surface area (Å²) in [5.41, 5.74) is 6.57. The van der Waals surface area contributed by atoms with Crippen LogP contribution in [0, 0.1) is 5.92 Å². The molecule has 0 saturated heterocycles. The molecule has 7 nitrogen and oxygen atoms in total. The Morgan fingerprint density at radius 1 is 1.60 bits per heavy atom. The van der Waals surface area contributed by atoms with E-state index >= 15 is 0 Å². The minimum absolute atomic E-state index is 0.113. The first kappa shape index (κ1) is 14.4. The number of aromatic amines is 1. The number of carbonyl (C=O) groups is 1. The number of imidazole rings is 1. The average Bonchev–Trinajstić information content (AvgIpc) is 2.95. The lowest BCUT2D eigenvalue weighted by atomic mass is 10.2. The molecule has 2 heterocycles. The van der Waals surface area contributed by atoms with Gasteiger partial charge in [0, 0.05) is 12.7 Å². The maximum atomic E-state index is 12.0. The van der Waals surface area contributed by atoms with Crippen LogP contribution in [0.2, 0.25) is 5.02 Å². The summed E-state index contributed by atoms with van der Waals surface area (Å²) in [7, 11) is 0. The average molecular weight is 297 g/mol. The summed E-state index contributed by atoms with van der Waals surface area (Å²) in [6.45, 7) is 5.45. The lowest BCUT2D eigenvalue weighted by molar-refractivity contribution is 0.0945. The molecular weight excluding hydrogens is 280 g/mol. The highest BCUT2D eigenvalue weighted by Crippen LogP contribution is 2.19. The Labute approximate surface area is 121 Å². The van der Waals surface area contributed by atoms with E-state index in [-0.39, 0.29) is 22.4 Å². The Kier molecular flexibility index (Phi) is 4.29. The van der Waals surface area contributed by atoms with Gasteiger partial charge in [-0.15, -0.1) is 0 Å². The lowest BCUT2D eigenvalue weighted by Crippen LogP contribution is -2.25. The van der Waals surface area contributed by atoms with Crippen LogP contribution in [0.1, 0.15) is 30.0 Å². The van der Waals surface area contributed by atoms with Crippen molar-refractivity contribution in [1.82, 2.24) is 25.1 Å². The van der Waals surface area contributed by atoms with Crippen LogP contribution in [-0.4, -0.2) is 25.7 Å². The van der Waals surface area contributed by atoms with Gasteiger partial charge in [0.15, 0.2) is 5.82 Å². The first-order valence-electron chi connectivity index (χ1n) is 6.25. The number of carbonyl (C=O) groups excluding carboxylic acids is 1. The van der Waals surface area contributed by atoms with Crippen molar-refractivity contribution in [2.75, 3.05) is 5.73 Å². The van der Waals surface area contributed by atoms with Crippen molar-refractivity contribution >= 4 is 23.3 Å². The van der Waals surface area contributed by atoms with Gasteiger partial charge in [-0.3, -0.25) is 9.89 Å². The van der Waals surface area contributed by atoms with Crippen molar-refractivity contribution in [3.05, 3.63) is 28.9 Å². The zero-order valence-electron chi connectivity index (χ0n) is 11.4. The molecule has 2 rings (SSSR count). The van der Waals surface area contributed by atoms with Crippen molar-refractivity contribution in [3.8, 4) is 0 Å². The topological polar surface area (TPSA) is 102 Å². The fourth-order valence-corrected chi connectivity index (χ4v) is 1.98. The number of nitrogens with zero attached hydrogens (tertiary/aromatic N) is 3.